The van der Waals surface area contributed by atoms with Crippen molar-refractivity contribution >= 4 is 0 Å². The van der Waals surface area contributed by atoms with Crippen molar-refractivity contribution in [2.24, 2.45) is 0 Å². The maximum Gasteiger partial charge on any atom is 0.200 e. The molecule has 1 aromatic carbocycles. The Morgan fingerprint density at radius 2 is 2.00 bits per heavy atom. The minimum Gasteiger partial charge on any atom is -0.487 e. The first-order valence-corrected chi connectivity index (χ1v) is 4.19. The number of benzene rings is 1. The van der Waals surface area contributed by atoms with Crippen molar-refractivity contribution < 1.29 is 18.6 Å². The summed E-state index contributed by atoms with van der Waals surface area (Å²) in [5.74, 6) is -2.18. The van der Waals surface area contributed by atoms with E-state index < -0.39 is 17.2 Å². The lowest BCUT2D eigenvalue weighted by molar-refractivity contribution is 0.0269. The predicted octanol–water partition coefficient (Wildman–Crippen LogP) is 2.11. The van der Waals surface area contributed by atoms with Crippen LogP contribution in [0.4, 0.5) is 8.78 Å². The normalized spacial score (nSPS) is 11.5. The molecule has 1 N–H and O–H groups in total. The van der Waals surface area contributed by atoms with Crippen molar-refractivity contribution in [3.63, 3.8) is 0 Å². The maximum atomic E-state index is 13.0. The van der Waals surface area contributed by atoms with Gasteiger partial charge in [0.25, 0.3) is 0 Å². The molecule has 1 aromatic rings. The van der Waals surface area contributed by atoms with Gasteiger partial charge in [-0.05, 0) is 26.0 Å². The Labute approximate surface area is 81.1 Å². The smallest absolute Gasteiger partial charge is 0.200 e. The average Bonchev–Trinajstić information content (AvgIpc) is 2.06. The molecule has 0 unspecified atom stereocenters. The lowest BCUT2D eigenvalue weighted by Gasteiger charge is -2.17. The number of aliphatic hydroxyl groups is 1. The Morgan fingerprint density at radius 3 is 2.57 bits per heavy atom. The molecular weight excluding hydrogens is 190 g/mol. The monoisotopic (exact) mass is 202 g/mol. The third-order valence-corrected chi connectivity index (χ3v) is 1.50. The summed E-state index contributed by atoms with van der Waals surface area (Å²) in [6.45, 7) is 2.95. The average molecular weight is 202 g/mol. The number of halogens is 2. The fraction of sp³-hybridized carbons (Fsp3) is 0.400. The van der Waals surface area contributed by atoms with Gasteiger partial charge in [0.15, 0.2) is 11.6 Å². The topological polar surface area (TPSA) is 29.5 Å². The fourth-order valence-corrected chi connectivity index (χ4v) is 0.850. The molecule has 0 aliphatic heterocycles. The van der Waals surface area contributed by atoms with Gasteiger partial charge in [0.1, 0.15) is 6.61 Å². The van der Waals surface area contributed by atoms with Crippen LogP contribution in [0, 0.1) is 11.6 Å². The quantitative estimate of drug-likeness (QED) is 0.813. The van der Waals surface area contributed by atoms with Crippen molar-refractivity contribution in [2.75, 3.05) is 6.61 Å². The summed E-state index contributed by atoms with van der Waals surface area (Å²) in [7, 11) is 0. The SMILES string of the molecule is CC(C)(O)COc1cccc(F)c1F. The second-order valence-corrected chi connectivity index (χ2v) is 3.65. The molecule has 0 saturated heterocycles. The van der Waals surface area contributed by atoms with Gasteiger partial charge in [-0.25, -0.2) is 4.39 Å². The summed E-state index contributed by atoms with van der Waals surface area (Å²) < 4.78 is 30.6. The van der Waals surface area contributed by atoms with Crippen LogP contribution in [0.2, 0.25) is 0 Å². The number of rotatable bonds is 3. The Kier molecular flexibility index (Phi) is 3.06. The lowest BCUT2D eigenvalue weighted by Crippen LogP contribution is -2.28. The summed E-state index contributed by atoms with van der Waals surface area (Å²) >= 11 is 0. The van der Waals surface area contributed by atoms with Gasteiger partial charge in [-0.3, -0.25) is 0 Å². The van der Waals surface area contributed by atoms with E-state index in [9.17, 15) is 13.9 Å². The van der Waals surface area contributed by atoms with Crippen molar-refractivity contribution in [1.29, 1.82) is 0 Å². The van der Waals surface area contributed by atoms with Gasteiger partial charge in [0, 0.05) is 0 Å². The van der Waals surface area contributed by atoms with Gasteiger partial charge < -0.3 is 9.84 Å². The molecule has 0 aliphatic carbocycles. The van der Waals surface area contributed by atoms with Gasteiger partial charge in [-0.1, -0.05) is 6.07 Å². The minimum atomic E-state index is -1.07. The third-order valence-electron chi connectivity index (χ3n) is 1.50. The molecule has 1 rings (SSSR count). The van der Waals surface area contributed by atoms with Crippen LogP contribution in [0.1, 0.15) is 13.8 Å². The first kappa shape index (κ1) is 10.9. The Balaban J connectivity index is 2.73. The highest BCUT2D eigenvalue weighted by Crippen LogP contribution is 2.20. The number of ether oxygens (including phenoxy) is 1. The Bertz CT molecular complexity index is 318. The summed E-state index contributed by atoms with van der Waals surface area (Å²) in [6.07, 6.45) is 0. The molecule has 0 saturated carbocycles. The molecule has 0 fully saturated rings. The van der Waals surface area contributed by atoms with E-state index in [0.717, 1.165) is 6.07 Å². The van der Waals surface area contributed by atoms with Gasteiger partial charge in [-0.2, -0.15) is 4.39 Å². The van der Waals surface area contributed by atoms with Gasteiger partial charge in [0.05, 0.1) is 5.60 Å². The summed E-state index contributed by atoms with van der Waals surface area (Å²) in [4.78, 5) is 0. The van der Waals surface area contributed by atoms with Crippen LogP contribution in [0.5, 0.6) is 5.75 Å². The van der Waals surface area contributed by atoms with Crippen LogP contribution in [-0.4, -0.2) is 17.3 Å². The molecule has 0 radical (unpaired) electrons. The van der Waals surface area contributed by atoms with E-state index >= 15 is 0 Å². The largest absolute Gasteiger partial charge is 0.487 e. The zero-order valence-electron chi connectivity index (χ0n) is 8.05. The first-order valence-electron chi connectivity index (χ1n) is 4.19. The zero-order valence-corrected chi connectivity index (χ0v) is 8.05. The lowest BCUT2D eigenvalue weighted by atomic mass is 10.2. The van der Waals surface area contributed by atoms with Crippen LogP contribution >= 0.6 is 0 Å². The maximum absolute atomic E-state index is 13.0. The van der Waals surface area contributed by atoms with Gasteiger partial charge in [-0.15, -0.1) is 0 Å². The highest BCUT2D eigenvalue weighted by atomic mass is 19.2. The molecule has 0 aliphatic rings. The summed E-state index contributed by atoms with van der Waals surface area (Å²) in [5, 5.41) is 9.30. The van der Waals surface area contributed by atoms with Crippen molar-refractivity contribution in [3.05, 3.63) is 29.8 Å². The van der Waals surface area contributed by atoms with Crippen LogP contribution in [-0.2, 0) is 0 Å². The molecule has 0 amide bonds. The number of hydrogen-bond donors (Lipinski definition) is 1. The molecule has 14 heavy (non-hydrogen) atoms. The predicted molar refractivity (Wildman–Crippen MR) is 48.2 cm³/mol. The molecule has 0 aromatic heterocycles. The van der Waals surface area contributed by atoms with E-state index in [1.807, 2.05) is 0 Å². The summed E-state index contributed by atoms with van der Waals surface area (Å²) in [5.41, 5.74) is -1.07. The summed E-state index contributed by atoms with van der Waals surface area (Å²) in [6, 6.07) is 3.66. The molecule has 4 heteroatoms. The van der Waals surface area contributed by atoms with E-state index in [2.05, 4.69) is 0 Å². The number of hydrogen-bond acceptors (Lipinski definition) is 2. The van der Waals surface area contributed by atoms with Gasteiger partial charge >= 0.3 is 0 Å². The van der Waals surface area contributed by atoms with E-state index in [1.165, 1.54) is 26.0 Å². The third kappa shape index (κ3) is 2.96. The standard InChI is InChI=1S/C10H12F2O2/c1-10(2,13)6-14-8-5-3-4-7(11)9(8)12/h3-5,13H,6H2,1-2H3. The highest BCUT2D eigenvalue weighted by Gasteiger charge is 2.16. The second-order valence-electron chi connectivity index (χ2n) is 3.65. The Hall–Kier alpha value is -1.16. The Morgan fingerprint density at radius 1 is 1.36 bits per heavy atom. The molecule has 78 valence electrons. The molecule has 2 nitrogen and oxygen atoms in total. The van der Waals surface area contributed by atoms with E-state index in [-0.39, 0.29) is 12.4 Å². The zero-order chi connectivity index (χ0) is 10.8. The second kappa shape index (κ2) is 3.92. The van der Waals surface area contributed by atoms with Crippen LogP contribution in [0.25, 0.3) is 0 Å². The molecule has 0 atom stereocenters. The van der Waals surface area contributed by atoms with E-state index in [0.29, 0.717) is 0 Å². The van der Waals surface area contributed by atoms with Crippen LogP contribution < -0.4 is 4.74 Å². The molecule has 0 spiro atoms. The van der Waals surface area contributed by atoms with Crippen molar-refractivity contribution in [2.45, 2.75) is 19.4 Å². The van der Waals surface area contributed by atoms with E-state index in [1.54, 1.807) is 0 Å². The van der Waals surface area contributed by atoms with Crippen LogP contribution in [0.3, 0.4) is 0 Å². The van der Waals surface area contributed by atoms with Crippen molar-refractivity contribution in [3.8, 4) is 5.75 Å². The first-order chi connectivity index (χ1) is 6.40. The minimum absolute atomic E-state index is 0.0899. The van der Waals surface area contributed by atoms with Gasteiger partial charge in [0.2, 0.25) is 5.82 Å². The molecule has 0 heterocycles. The fourth-order valence-electron chi connectivity index (χ4n) is 0.850. The highest BCUT2D eigenvalue weighted by molar-refractivity contribution is 5.25. The van der Waals surface area contributed by atoms with Crippen LogP contribution in [0.15, 0.2) is 18.2 Å². The molecule has 0 bridgehead atoms. The molecular formula is C10H12F2O2. The van der Waals surface area contributed by atoms with E-state index in [4.69, 9.17) is 4.74 Å². The van der Waals surface area contributed by atoms with Crippen molar-refractivity contribution in [1.82, 2.24) is 0 Å².